The Morgan fingerprint density at radius 2 is 1.96 bits per heavy atom. The summed E-state index contributed by atoms with van der Waals surface area (Å²) in [6.07, 6.45) is 1.61. The van der Waals surface area contributed by atoms with Crippen molar-refractivity contribution in [3.05, 3.63) is 78.1 Å². The van der Waals surface area contributed by atoms with Gasteiger partial charge in [-0.2, -0.15) is 5.26 Å². The van der Waals surface area contributed by atoms with Crippen LogP contribution in [0.2, 0.25) is 0 Å². The maximum Gasteiger partial charge on any atom is 0.149 e. The van der Waals surface area contributed by atoms with Gasteiger partial charge >= 0.3 is 0 Å². The Morgan fingerprint density at radius 1 is 1.12 bits per heavy atom. The minimum absolute atomic E-state index is 0.311. The van der Waals surface area contributed by atoms with Gasteiger partial charge in [0.25, 0.3) is 0 Å². The number of fused-ring (bicyclic) bond motifs is 1. The van der Waals surface area contributed by atoms with Crippen LogP contribution >= 0.6 is 0 Å². The van der Waals surface area contributed by atoms with Gasteiger partial charge in [0.1, 0.15) is 29.2 Å². The number of allylic oxidation sites excluding steroid dienone is 1. The number of rotatable bonds is 3. The fraction of sp³-hybridized carbons (Fsp3) is 0. The first-order chi connectivity index (χ1) is 12.2. The summed E-state index contributed by atoms with van der Waals surface area (Å²) in [5.41, 5.74) is 2.41. The molecule has 2 aromatic carbocycles. The van der Waals surface area contributed by atoms with Crippen molar-refractivity contribution >= 4 is 22.7 Å². The number of aromatic amines is 1. The summed E-state index contributed by atoms with van der Waals surface area (Å²) in [5, 5.41) is 9.45. The van der Waals surface area contributed by atoms with Crippen LogP contribution in [0.5, 0.6) is 0 Å². The normalized spacial score (nSPS) is 11.6. The zero-order valence-corrected chi connectivity index (χ0v) is 13.0. The molecule has 4 rings (SSSR count). The van der Waals surface area contributed by atoms with Crippen molar-refractivity contribution < 1.29 is 8.81 Å². The van der Waals surface area contributed by atoms with Crippen molar-refractivity contribution in [1.82, 2.24) is 9.97 Å². The topological polar surface area (TPSA) is 65.6 Å². The lowest BCUT2D eigenvalue weighted by atomic mass is 10.2. The Kier molecular flexibility index (Phi) is 3.64. The SMILES string of the molecule is N#C/C(=C/c1ccc(-c2ccccc2)o1)c1nc2ccc(F)cc2[nH]1. The van der Waals surface area contributed by atoms with E-state index in [1.54, 1.807) is 18.2 Å². The molecule has 0 spiro atoms. The third kappa shape index (κ3) is 2.93. The Bertz CT molecular complexity index is 1120. The predicted molar refractivity (Wildman–Crippen MR) is 93.7 cm³/mol. The van der Waals surface area contributed by atoms with E-state index in [1.165, 1.54) is 12.1 Å². The Labute approximate surface area is 142 Å². The van der Waals surface area contributed by atoms with E-state index in [0.717, 1.165) is 11.3 Å². The zero-order chi connectivity index (χ0) is 17.2. The van der Waals surface area contributed by atoms with Crippen molar-refractivity contribution in [2.45, 2.75) is 0 Å². The standard InChI is InChI=1S/C20H12FN3O/c21-15-6-8-17-18(11-15)24-20(23-17)14(12-22)10-16-7-9-19(25-16)13-4-2-1-3-5-13/h1-11H,(H,23,24)/b14-10-. The molecule has 0 aliphatic carbocycles. The maximum absolute atomic E-state index is 13.3. The molecule has 0 aliphatic heterocycles. The van der Waals surface area contributed by atoms with Crippen LogP contribution in [0.4, 0.5) is 4.39 Å². The number of nitriles is 1. The van der Waals surface area contributed by atoms with E-state index in [-0.39, 0.29) is 5.82 Å². The molecule has 0 unspecified atom stereocenters. The molecule has 0 saturated heterocycles. The van der Waals surface area contributed by atoms with E-state index < -0.39 is 0 Å². The average molecular weight is 329 g/mol. The lowest BCUT2D eigenvalue weighted by molar-refractivity contribution is 0.572. The molecule has 0 atom stereocenters. The Morgan fingerprint density at radius 3 is 2.76 bits per heavy atom. The van der Waals surface area contributed by atoms with E-state index in [9.17, 15) is 9.65 Å². The summed E-state index contributed by atoms with van der Waals surface area (Å²) < 4.78 is 19.1. The number of H-pyrrole nitrogens is 1. The quantitative estimate of drug-likeness (QED) is 0.536. The van der Waals surface area contributed by atoms with Crippen LogP contribution in [0, 0.1) is 17.1 Å². The molecule has 0 fully saturated rings. The van der Waals surface area contributed by atoms with Crippen molar-refractivity contribution in [2.24, 2.45) is 0 Å². The molecular formula is C20H12FN3O. The van der Waals surface area contributed by atoms with E-state index in [0.29, 0.717) is 28.2 Å². The second kappa shape index (κ2) is 6.10. The van der Waals surface area contributed by atoms with E-state index >= 15 is 0 Å². The first-order valence-corrected chi connectivity index (χ1v) is 7.65. The molecule has 0 bridgehead atoms. The molecule has 0 aliphatic rings. The minimum atomic E-state index is -0.358. The van der Waals surface area contributed by atoms with Gasteiger partial charge < -0.3 is 9.40 Å². The van der Waals surface area contributed by atoms with Crippen LogP contribution in [-0.2, 0) is 0 Å². The smallest absolute Gasteiger partial charge is 0.149 e. The molecule has 4 nitrogen and oxygen atoms in total. The minimum Gasteiger partial charge on any atom is -0.457 e. The lowest BCUT2D eigenvalue weighted by Crippen LogP contribution is -1.84. The summed E-state index contributed by atoms with van der Waals surface area (Å²) in [6.45, 7) is 0. The molecule has 1 N–H and O–H groups in total. The molecule has 2 aromatic heterocycles. The van der Waals surface area contributed by atoms with Crippen LogP contribution in [-0.4, -0.2) is 9.97 Å². The monoisotopic (exact) mass is 329 g/mol. The summed E-state index contributed by atoms with van der Waals surface area (Å²) >= 11 is 0. The first-order valence-electron chi connectivity index (χ1n) is 7.65. The molecule has 4 aromatic rings. The van der Waals surface area contributed by atoms with Crippen molar-refractivity contribution in [3.63, 3.8) is 0 Å². The third-order valence-corrected chi connectivity index (χ3v) is 3.79. The summed E-state index contributed by atoms with van der Waals surface area (Å²) in [5.74, 6) is 1.28. The largest absolute Gasteiger partial charge is 0.457 e. The maximum atomic E-state index is 13.3. The molecule has 0 saturated carbocycles. The highest BCUT2D eigenvalue weighted by atomic mass is 19.1. The Balaban J connectivity index is 1.71. The molecular weight excluding hydrogens is 317 g/mol. The van der Waals surface area contributed by atoms with Gasteiger partial charge in [-0.1, -0.05) is 30.3 Å². The van der Waals surface area contributed by atoms with Crippen LogP contribution < -0.4 is 0 Å². The van der Waals surface area contributed by atoms with E-state index in [2.05, 4.69) is 16.0 Å². The number of furan rings is 1. The van der Waals surface area contributed by atoms with Gasteiger partial charge in [0.2, 0.25) is 0 Å². The summed E-state index contributed by atoms with van der Waals surface area (Å²) in [7, 11) is 0. The van der Waals surface area contributed by atoms with E-state index in [4.69, 9.17) is 4.42 Å². The number of nitrogens with one attached hydrogen (secondary N) is 1. The number of hydrogen-bond acceptors (Lipinski definition) is 3. The van der Waals surface area contributed by atoms with Crippen LogP contribution in [0.25, 0.3) is 34.0 Å². The number of nitrogens with zero attached hydrogens (tertiary/aromatic N) is 2. The van der Waals surface area contributed by atoms with Gasteiger partial charge in [-0.3, -0.25) is 0 Å². The number of imidazole rings is 1. The second-order valence-corrected chi connectivity index (χ2v) is 5.48. The van der Waals surface area contributed by atoms with Crippen molar-refractivity contribution in [1.29, 1.82) is 5.26 Å². The predicted octanol–water partition coefficient (Wildman–Crippen LogP) is 5.03. The van der Waals surface area contributed by atoms with Gasteiger partial charge in [0.15, 0.2) is 0 Å². The average Bonchev–Trinajstić information content (AvgIpc) is 3.26. The van der Waals surface area contributed by atoms with Crippen molar-refractivity contribution in [2.75, 3.05) is 0 Å². The zero-order valence-electron chi connectivity index (χ0n) is 13.0. The van der Waals surface area contributed by atoms with Crippen LogP contribution in [0.1, 0.15) is 11.6 Å². The summed E-state index contributed by atoms with van der Waals surface area (Å²) in [6, 6.07) is 19.7. The number of aromatic nitrogens is 2. The molecule has 120 valence electrons. The van der Waals surface area contributed by atoms with Crippen LogP contribution in [0.3, 0.4) is 0 Å². The number of benzene rings is 2. The van der Waals surface area contributed by atoms with Gasteiger partial charge in [-0.15, -0.1) is 0 Å². The molecule has 5 heteroatoms. The van der Waals surface area contributed by atoms with Gasteiger partial charge in [-0.25, -0.2) is 9.37 Å². The van der Waals surface area contributed by atoms with Gasteiger partial charge in [-0.05, 0) is 30.3 Å². The van der Waals surface area contributed by atoms with Crippen molar-refractivity contribution in [3.8, 4) is 17.4 Å². The number of halogens is 1. The molecule has 0 radical (unpaired) electrons. The van der Waals surface area contributed by atoms with Gasteiger partial charge in [0, 0.05) is 11.6 Å². The molecule has 25 heavy (non-hydrogen) atoms. The fourth-order valence-electron chi connectivity index (χ4n) is 2.59. The molecule has 2 heterocycles. The Hall–Kier alpha value is -3.65. The number of hydrogen-bond donors (Lipinski definition) is 1. The molecule has 0 amide bonds. The lowest BCUT2D eigenvalue weighted by Gasteiger charge is -1.95. The van der Waals surface area contributed by atoms with Gasteiger partial charge in [0.05, 0.1) is 16.6 Å². The highest BCUT2D eigenvalue weighted by Gasteiger charge is 2.10. The summed E-state index contributed by atoms with van der Waals surface area (Å²) in [4.78, 5) is 7.29. The highest BCUT2D eigenvalue weighted by molar-refractivity contribution is 5.89. The fourth-order valence-corrected chi connectivity index (χ4v) is 2.59. The third-order valence-electron chi connectivity index (χ3n) is 3.79. The second-order valence-electron chi connectivity index (χ2n) is 5.48. The van der Waals surface area contributed by atoms with Crippen LogP contribution in [0.15, 0.2) is 65.1 Å². The first kappa shape index (κ1) is 14.9. The van der Waals surface area contributed by atoms with E-state index in [1.807, 2.05) is 36.4 Å². The highest BCUT2D eigenvalue weighted by Crippen LogP contribution is 2.25.